The Hall–Kier alpha value is -2.58. The van der Waals surface area contributed by atoms with E-state index in [2.05, 4.69) is 33.6 Å². The highest BCUT2D eigenvalue weighted by Crippen LogP contribution is 2.37. The lowest BCUT2D eigenvalue weighted by molar-refractivity contribution is 0.295. The number of ether oxygens (including phenoxy) is 2. The summed E-state index contributed by atoms with van der Waals surface area (Å²) < 4.78 is 12.1. The van der Waals surface area contributed by atoms with Crippen LogP contribution in [-0.4, -0.2) is 18.2 Å². The minimum absolute atomic E-state index is 0.380. The number of aromatic nitrogens is 1. The molecule has 24 heavy (non-hydrogen) atoms. The summed E-state index contributed by atoms with van der Waals surface area (Å²) >= 11 is 3.50. The summed E-state index contributed by atoms with van der Waals surface area (Å²) in [6, 6.07) is 11.4. The van der Waals surface area contributed by atoms with Crippen molar-refractivity contribution < 1.29 is 9.47 Å². The molecule has 2 aromatic rings. The third-order valence-electron chi connectivity index (χ3n) is 3.05. The first-order valence-corrected chi connectivity index (χ1v) is 8.22. The number of pyridine rings is 1. The fraction of sp³-hybridized carbons (Fsp3) is 0.158. The van der Waals surface area contributed by atoms with Crippen LogP contribution >= 0.6 is 15.9 Å². The molecular weight excluding hydrogens is 368 g/mol. The van der Waals surface area contributed by atoms with Crippen LogP contribution in [0.3, 0.4) is 0 Å². The van der Waals surface area contributed by atoms with Gasteiger partial charge in [-0.25, -0.2) is 0 Å². The minimum Gasteiger partial charge on any atom is -0.490 e. The molecule has 0 saturated heterocycles. The SMILES string of the molecule is C=CCOc1c(Br)cc(/C=C(\C#N)c2ccccn2)cc1OCC. The largest absolute Gasteiger partial charge is 0.490 e. The summed E-state index contributed by atoms with van der Waals surface area (Å²) in [4.78, 5) is 4.22. The number of allylic oxidation sites excluding steroid dienone is 1. The van der Waals surface area contributed by atoms with Crippen LogP contribution in [0.2, 0.25) is 0 Å². The van der Waals surface area contributed by atoms with Crippen LogP contribution < -0.4 is 9.47 Å². The van der Waals surface area contributed by atoms with Crippen molar-refractivity contribution in [1.82, 2.24) is 4.98 Å². The lowest BCUT2D eigenvalue weighted by Gasteiger charge is -2.13. The smallest absolute Gasteiger partial charge is 0.175 e. The van der Waals surface area contributed by atoms with Gasteiger partial charge in [0.1, 0.15) is 12.7 Å². The summed E-state index contributed by atoms with van der Waals surface area (Å²) in [6.07, 6.45) is 5.10. The Bertz CT molecular complexity index is 780. The molecule has 5 heteroatoms. The Kier molecular flexibility index (Phi) is 6.59. The molecule has 1 aromatic carbocycles. The maximum atomic E-state index is 9.42. The van der Waals surface area contributed by atoms with Gasteiger partial charge in [-0.2, -0.15) is 5.26 Å². The Morgan fingerprint density at radius 1 is 1.38 bits per heavy atom. The van der Waals surface area contributed by atoms with Gasteiger partial charge >= 0.3 is 0 Å². The number of halogens is 1. The number of rotatable bonds is 7. The van der Waals surface area contributed by atoms with E-state index in [-0.39, 0.29) is 0 Å². The lowest BCUT2D eigenvalue weighted by Crippen LogP contribution is -2.00. The maximum absolute atomic E-state index is 9.42. The first-order valence-electron chi connectivity index (χ1n) is 7.42. The zero-order chi connectivity index (χ0) is 17.4. The predicted octanol–water partition coefficient (Wildman–Crippen LogP) is 4.87. The van der Waals surface area contributed by atoms with E-state index in [9.17, 15) is 5.26 Å². The molecule has 0 aliphatic rings. The van der Waals surface area contributed by atoms with E-state index >= 15 is 0 Å². The van der Waals surface area contributed by atoms with E-state index in [0.717, 1.165) is 10.0 Å². The molecule has 0 fully saturated rings. The Labute approximate surface area is 150 Å². The summed E-state index contributed by atoms with van der Waals surface area (Å²) in [5.74, 6) is 1.23. The zero-order valence-electron chi connectivity index (χ0n) is 13.3. The van der Waals surface area contributed by atoms with Crippen LogP contribution in [0.4, 0.5) is 0 Å². The van der Waals surface area contributed by atoms with Gasteiger partial charge in [-0.1, -0.05) is 18.7 Å². The van der Waals surface area contributed by atoms with Gasteiger partial charge in [0.15, 0.2) is 11.5 Å². The number of hydrogen-bond donors (Lipinski definition) is 0. The van der Waals surface area contributed by atoms with Crippen molar-refractivity contribution in [3.63, 3.8) is 0 Å². The molecule has 4 nitrogen and oxygen atoms in total. The highest BCUT2D eigenvalue weighted by atomic mass is 79.9. The molecule has 122 valence electrons. The quantitative estimate of drug-likeness (QED) is 0.504. The van der Waals surface area contributed by atoms with E-state index in [1.165, 1.54) is 0 Å². The van der Waals surface area contributed by atoms with Gasteiger partial charge < -0.3 is 9.47 Å². The van der Waals surface area contributed by atoms with Gasteiger partial charge in [-0.05, 0) is 58.8 Å². The molecule has 0 radical (unpaired) electrons. The molecule has 0 saturated carbocycles. The zero-order valence-corrected chi connectivity index (χ0v) is 14.9. The molecule has 1 aromatic heterocycles. The number of benzene rings is 1. The predicted molar refractivity (Wildman–Crippen MR) is 98.7 cm³/mol. The van der Waals surface area contributed by atoms with E-state index in [1.807, 2.05) is 31.2 Å². The second kappa shape index (κ2) is 8.90. The molecule has 0 spiro atoms. The van der Waals surface area contributed by atoms with Crippen molar-refractivity contribution >= 4 is 27.6 Å². The third kappa shape index (κ3) is 4.46. The summed E-state index contributed by atoms with van der Waals surface area (Å²) in [5.41, 5.74) is 1.92. The van der Waals surface area contributed by atoms with Crippen LogP contribution in [0.25, 0.3) is 11.6 Å². The van der Waals surface area contributed by atoms with Crippen LogP contribution in [-0.2, 0) is 0 Å². The first-order chi connectivity index (χ1) is 11.7. The second-order valence-corrected chi connectivity index (χ2v) is 5.60. The lowest BCUT2D eigenvalue weighted by atomic mass is 10.1. The second-order valence-electron chi connectivity index (χ2n) is 4.75. The fourth-order valence-electron chi connectivity index (χ4n) is 2.07. The van der Waals surface area contributed by atoms with Crippen molar-refractivity contribution in [2.45, 2.75) is 6.92 Å². The fourth-order valence-corrected chi connectivity index (χ4v) is 2.64. The summed E-state index contributed by atoms with van der Waals surface area (Å²) in [7, 11) is 0. The van der Waals surface area contributed by atoms with Crippen molar-refractivity contribution in [3.8, 4) is 17.6 Å². The van der Waals surface area contributed by atoms with Gasteiger partial charge in [0.05, 0.1) is 22.3 Å². The Balaban J connectivity index is 2.45. The standard InChI is InChI=1S/C19H17BrN2O2/c1-3-9-24-19-16(20)11-14(12-18(19)23-4-2)10-15(13-21)17-7-5-6-8-22-17/h3,5-8,10-12H,1,4,9H2,2H3/b15-10+. The van der Waals surface area contributed by atoms with Crippen molar-refractivity contribution in [3.05, 3.63) is 64.9 Å². The summed E-state index contributed by atoms with van der Waals surface area (Å²) in [5, 5.41) is 9.42. The van der Waals surface area contributed by atoms with E-state index in [1.54, 1.807) is 24.4 Å². The topological polar surface area (TPSA) is 55.1 Å². The molecule has 0 aliphatic carbocycles. The van der Waals surface area contributed by atoms with Crippen LogP contribution in [0, 0.1) is 11.3 Å². The molecule has 0 amide bonds. The van der Waals surface area contributed by atoms with Gasteiger partial charge in [0, 0.05) is 6.20 Å². The number of hydrogen-bond acceptors (Lipinski definition) is 4. The molecule has 0 aliphatic heterocycles. The maximum Gasteiger partial charge on any atom is 0.175 e. The molecular formula is C19H17BrN2O2. The highest BCUT2D eigenvalue weighted by molar-refractivity contribution is 9.10. The molecule has 0 unspecified atom stereocenters. The summed E-state index contributed by atoms with van der Waals surface area (Å²) in [6.45, 7) is 6.44. The molecule has 2 rings (SSSR count). The highest BCUT2D eigenvalue weighted by Gasteiger charge is 2.12. The molecule has 1 heterocycles. The van der Waals surface area contributed by atoms with Gasteiger partial charge in [0.2, 0.25) is 0 Å². The minimum atomic E-state index is 0.380. The van der Waals surface area contributed by atoms with Crippen molar-refractivity contribution in [2.24, 2.45) is 0 Å². The van der Waals surface area contributed by atoms with Crippen molar-refractivity contribution in [1.29, 1.82) is 5.26 Å². The van der Waals surface area contributed by atoms with Gasteiger partial charge in [-0.3, -0.25) is 4.98 Å². The van der Waals surface area contributed by atoms with E-state index in [4.69, 9.17) is 9.47 Å². The average Bonchev–Trinajstić information content (AvgIpc) is 2.60. The van der Waals surface area contributed by atoms with Crippen molar-refractivity contribution in [2.75, 3.05) is 13.2 Å². The van der Waals surface area contributed by atoms with Crippen LogP contribution in [0.1, 0.15) is 18.2 Å². The molecule has 0 bridgehead atoms. The van der Waals surface area contributed by atoms with Crippen LogP contribution in [0.5, 0.6) is 11.5 Å². The molecule has 0 atom stereocenters. The monoisotopic (exact) mass is 384 g/mol. The van der Waals surface area contributed by atoms with Crippen LogP contribution in [0.15, 0.2) is 53.7 Å². The Morgan fingerprint density at radius 2 is 2.21 bits per heavy atom. The number of nitrogens with zero attached hydrogens (tertiary/aromatic N) is 2. The molecule has 0 N–H and O–H groups in total. The normalized spacial score (nSPS) is 10.8. The Morgan fingerprint density at radius 3 is 2.83 bits per heavy atom. The van der Waals surface area contributed by atoms with Gasteiger partial charge in [-0.15, -0.1) is 0 Å². The first kappa shape index (κ1) is 17.8. The number of nitriles is 1. The van der Waals surface area contributed by atoms with E-state index < -0.39 is 0 Å². The average molecular weight is 385 g/mol. The van der Waals surface area contributed by atoms with Gasteiger partial charge in [0.25, 0.3) is 0 Å². The van der Waals surface area contributed by atoms with E-state index in [0.29, 0.717) is 36.0 Å². The third-order valence-corrected chi connectivity index (χ3v) is 3.64.